The minimum absolute atomic E-state index is 0. The molecule has 0 unspecified atom stereocenters. The fourth-order valence-electron chi connectivity index (χ4n) is 1.01. The molecule has 0 aliphatic rings. The highest BCUT2D eigenvalue weighted by atomic mass is 35.5. The van der Waals surface area contributed by atoms with Gasteiger partial charge in [-0.25, -0.2) is 8.42 Å². The van der Waals surface area contributed by atoms with Gasteiger partial charge in [-0.3, -0.25) is 4.72 Å². The number of nitrogens with two attached hydrogens (primary N) is 1. The zero-order valence-corrected chi connectivity index (χ0v) is 9.98. The van der Waals surface area contributed by atoms with Crippen LogP contribution < -0.4 is 15.2 Å². The molecule has 5 nitrogen and oxygen atoms in total. The molecule has 0 spiro atoms. The minimum Gasteiger partial charge on any atom is -0.495 e. The standard InChI is InChI=1S/C8H12N2O3S.ClH/c1-13-8-4-3-6(5-7(8)9)10-14(2,11)12;/h3-5,10H,9H2,1-2H3;1H. The molecule has 0 heterocycles. The fourth-order valence-corrected chi connectivity index (χ4v) is 1.57. The number of nitrogen functional groups attached to an aromatic ring is 1. The van der Waals surface area contributed by atoms with Gasteiger partial charge in [0.15, 0.2) is 0 Å². The molecule has 0 saturated heterocycles. The highest BCUT2D eigenvalue weighted by Gasteiger charge is 2.04. The number of hydrogen-bond acceptors (Lipinski definition) is 4. The largest absolute Gasteiger partial charge is 0.495 e. The molecular formula is C8H13ClN2O3S. The maximum Gasteiger partial charge on any atom is 0.229 e. The van der Waals surface area contributed by atoms with E-state index in [1.165, 1.54) is 13.2 Å². The van der Waals surface area contributed by atoms with Gasteiger partial charge in [0.2, 0.25) is 10.0 Å². The molecule has 0 saturated carbocycles. The Hall–Kier alpha value is -1.14. The molecule has 3 N–H and O–H groups in total. The second-order valence-corrected chi connectivity index (χ2v) is 4.58. The molecule has 0 aliphatic heterocycles. The molecule has 7 heteroatoms. The van der Waals surface area contributed by atoms with Crippen molar-refractivity contribution in [2.75, 3.05) is 23.8 Å². The normalized spacial score (nSPS) is 10.3. The van der Waals surface area contributed by atoms with Gasteiger partial charge in [0.05, 0.1) is 24.7 Å². The predicted octanol–water partition coefficient (Wildman–Crippen LogP) is 1.07. The van der Waals surface area contributed by atoms with Gasteiger partial charge in [0.25, 0.3) is 0 Å². The highest BCUT2D eigenvalue weighted by molar-refractivity contribution is 7.92. The van der Waals surface area contributed by atoms with Crippen molar-refractivity contribution in [2.45, 2.75) is 0 Å². The van der Waals surface area contributed by atoms with E-state index in [4.69, 9.17) is 10.5 Å². The monoisotopic (exact) mass is 252 g/mol. The van der Waals surface area contributed by atoms with E-state index in [2.05, 4.69) is 4.72 Å². The van der Waals surface area contributed by atoms with Crippen molar-refractivity contribution < 1.29 is 13.2 Å². The highest BCUT2D eigenvalue weighted by Crippen LogP contribution is 2.24. The van der Waals surface area contributed by atoms with Gasteiger partial charge in [-0.15, -0.1) is 12.4 Å². The third-order valence-electron chi connectivity index (χ3n) is 1.53. The van der Waals surface area contributed by atoms with E-state index in [1.54, 1.807) is 12.1 Å². The van der Waals surface area contributed by atoms with Crippen LogP contribution in [0.3, 0.4) is 0 Å². The first kappa shape index (κ1) is 13.9. The summed E-state index contributed by atoms with van der Waals surface area (Å²) < 4.78 is 29.0. The van der Waals surface area contributed by atoms with Gasteiger partial charge in [-0.05, 0) is 18.2 Å². The van der Waals surface area contributed by atoms with Crippen LogP contribution in [-0.2, 0) is 10.0 Å². The molecule has 86 valence electrons. The Bertz CT molecular complexity index is 434. The van der Waals surface area contributed by atoms with Crippen molar-refractivity contribution in [1.29, 1.82) is 0 Å². The number of nitrogens with one attached hydrogen (secondary N) is 1. The van der Waals surface area contributed by atoms with Gasteiger partial charge < -0.3 is 10.5 Å². The summed E-state index contributed by atoms with van der Waals surface area (Å²) >= 11 is 0. The number of hydrogen-bond donors (Lipinski definition) is 2. The molecule has 1 rings (SSSR count). The Balaban J connectivity index is 0.00000196. The molecule has 1 aromatic rings. The fraction of sp³-hybridized carbons (Fsp3) is 0.250. The Kier molecular flexibility index (Phi) is 4.70. The van der Waals surface area contributed by atoms with Crippen molar-refractivity contribution in [3.05, 3.63) is 18.2 Å². The van der Waals surface area contributed by atoms with Crippen molar-refractivity contribution in [1.82, 2.24) is 0 Å². The molecule has 0 aromatic heterocycles. The Morgan fingerprint density at radius 1 is 1.40 bits per heavy atom. The Labute approximate surface area is 95.1 Å². The Morgan fingerprint density at radius 2 is 2.00 bits per heavy atom. The van der Waals surface area contributed by atoms with Crippen LogP contribution in [0.5, 0.6) is 5.75 Å². The van der Waals surface area contributed by atoms with Crippen LogP contribution in [-0.4, -0.2) is 21.8 Å². The van der Waals surface area contributed by atoms with Crippen molar-refractivity contribution in [3.8, 4) is 5.75 Å². The van der Waals surface area contributed by atoms with Crippen molar-refractivity contribution in [2.24, 2.45) is 0 Å². The molecule has 0 atom stereocenters. The maximum atomic E-state index is 10.9. The van der Waals surface area contributed by atoms with E-state index in [0.29, 0.717) is 17.1 Å². The molecule has 0 fully saturated rings. The summed E-state index contributed by atoms with van der Waals surface area (Å²) in [5.74, 6) is 0.518. The van der Waals surface area contributed by atoms with Gasteiger partial charge in [-0.2, -0.15) is 0 Å². The second kappa shape index (κ2) is 5.09. The van der Waals surface area contributed by atoms with Crippen LogP contribution >= 0.6 is 12.4 Å². The van der Waals surface area contributed by atoms with Crippen LogP contribution in [0.25, 0.3) is 0 Å². The Morgan fingerprint density at radius 3 is 2.40 bits per heavy atom. The first-order chi connectivity index (χ1) is 6.42. The predicted molar refractivity (Wildman–Crippen MR) is 63.1 cm³/mol. The number of ether oxygens (including phenoxy) is 1. The first-order valence-corrected chi connectivity index (χ1v) is 5.73. The lowest BCUT2D eigenvalue weighted by Crippen LogP contribution is -2.09. The van der Waals surface area contributed by atoms with Crippen LogP contribution in [0.15, 0.2) is 18.2 Å². The third-order valence-corrected chi connectivity index (χ3v) is 2.14. The first-order valence-electron chi connectivity index (χ1n) is 3.83. The van der Waals surface area contributed by atoms with Crippen LogP contribution in [0.2, 0.25) is 0 Å². The van der Waals surface area contributed by atoms with E-state index in [9.17, 15) is 8.42 Å². The lowest BCUT2D eigenvalue weighted by Gasteiger charge is -2.07. The van der Waals surface area contributed by atoms with Gasteiger partial charge in [0, 0.05) is 0 Å². The maximum absolute atomic E-state index is 10.9. The summed E-state index contributed by atoms with van der Waals surface area (Å²) in [6.07, 6.45) is 1.08. The molecule has 0 radical (unpaired) electrons. The molecule has 0 aliphatic carbocycles. The quantitative estimate of drug-likeness (QED) is 0.789. The SMILES string of the molecule is COc1ccc(NS(C)(=O)=O)cc1N.Cl. The molecule has 1 aromatic carbocycles. The lowest BCUT2D eigenvalue weighted by molar-refractivity contribution is 0.417. The minimum atomic E-state index is -3.26. The average Bonchev–Trinajstić information content (AvgIpc) is 2.01. The lowest BCUT2D eigenvalue weighted by atomic mass is 10.2. The van der Waals surface area contributed by atoms with Gasteiger partial charge in [-0.1, -0.05) is 0 Å². The summed E-state index contributed by atoms with van der Waals surface area (Å²) in [6.45, 7) is 0. The number of sulfonamides is 1. The second-order valence-electron chi connectivity index (χ2n) is 2.83. The molecule has 0 bridgehead atoms. The number of rotatable bonds is 3. The average molecular weight is 253 g/mol. The molecular weight excluding hydrogens is 240 g/mol. The van der Waals surface area contributed by atoms with E-state index >= 15 is 0 Å². The smallest absolute Gasteiger partial charge is 0.229 e. The number of halogens is 1. The summed E-state index contributed by atoms with van der Waals surface area (Å²) in [4.78, 5) is 0. The summed E-state index contributed by atoms with van der Waals surface area (Å²) in [5, 5.41) is 0. The van der Waals surface area contributed by atoms with E-state index in [0.717, 1.165) is 6.26 Å². The third kappa shape index (κ3) is 4.26. The molecule has 15 heavy (non-hydrogen) atoms. The van der Waals surface area contributed by atoms with E-state index < -0.39 is 10.0 Å². The van der Waals surface area contributed by atoms with Crippen LogP contribution in [0.4, 0.5) is 11.4 Å². The number of anilines is 2. The zero-order chi connectivity index (χ0) is 10.8. The van der Waals surface area contributed by atoms with Gasteiger partial charge >= 0.3 is 0 Å². The van der Waals surface area contributed by atoms with Crippen LogP contribution in [0, 0.1) is 0 Å². The van der Waals surface area contributed by atoms with Gasteiger partial charge in [0.1, 0.15) is 5.75 Å². The summed E-state index contributed by atoms with van der Waals surface area (Å²) in [5.41, 5.74) is 6.40. The summed E-state index contributed by atoms with van der Waals surface area (Å²) in [7, 11) is -1.76. The van der Waals surface area contributed by atoms with E-state index in [1.807, 2.05) is 0 Å². The molecule has 0 amide bonds. The van der Waals surface area contributed by atoms with E-state index in [-0.39, 0.29) is 12.4 Å². The number of methoxy groups -OCH3 is 1. The van der Waals surface area contributed by atoms with Crippen LogP contribution in [0.1, 0.15) is 0 Å². The van der Waals surface area contributed by atoms with Crippen molar-refractivity contribution >= 4 is 33.8 Å². The number of benzene rings is 1. The topological polar surface area (TPSA) is 81.4 Å². The van der Waals surface area contributed by atoms with Crippen molar-refractivity contribution in [3.63, 3.8) is 0 Å². The zero-order valence-electron chi connectivity index (χ0n) is 8.35. The summed E-state index contributed by atoms with van der Waals surface area (Å²) in [6, 6.07) is 4.68.